The van der Waals surface area contributed by atoms with Crippen molar-refractivity contribution in [2.75, 3.05) is 4.90 Å². The first kappa shape index (κ1) is 13.3. The van der Waals surface area contributed by atoms with Gasteiger partial charge in [-0.2, -0.15) is 0 Å². The maximum absolute atomic E-state index is 12.5. The van der Waals surface area contributed by atoms with E-state index in [1.807, 2.05) is 0 Å². The van der Waals surface area contributed by atoms with E-state index in [1.54, 1.807) is 43.3 Å². The van der Waals surface area contributed by atoms with E-state index >= 15 is 0 Å². The zero-order valence-corrected chi connectivity index (χ0v) is 12.8. The maximum Gasteiger partial charge on any atom is 0.266 e. The molecule has 2 aromatic carbocycles. The lowest BCUT2D eigenvalue weighted by Gasteiger charge is -2.17. The van der Waals surface area contributed by atoms with Gasteiger partial charge in [0.05, 0.1) is 16.8 Å². The molecule has 3 rings (SSSR count). The average molecular weight is 351 g/mol. The van der Waals surface area contributed by atoms with Crippen LogP contribution in [0.2, 0.25) is 5.02 Å². The van der Waals surface area contributed by atoms with E-state index in [0.717, 1.165) is 4.47 Å². The first-order chi connectivity index (χ1) is 9.50. The van der Waals surface area contributed by atoms with Crippen molar-refractivity contribution in [3.63, 3.8) is 0 Å². The third kappa shape index (κ3) is 1.87. The summed E-state index contributed by atoms with van der Waals surface area (Å²) in [6.07, 6.45) is 0. The highest BCUT2D eigenvalue weighted by atomic mass is 79.9. The summed E-state index contributed by atoms with van der Waals surface area (Å²) in [5.41, 5.74) is 2.06. The molecule has 0 N–H and O–H groups in total. The molecule has 5 heteroatoms. The molecule has 0 saturated heterocycles. The molecular weight excluding hydrogens is 342 g/mol. The fraction of sp³-hybridized carbons (Fsp3) is 0.0667. The Balaban J connectivity index is 2.17. The fourth-order valence-electron chi connectivity index (χ4n) is 2.27. The first-order valence-electron chi connectivity index (χ1n) is 5.94. The first-order valence-corrected chi connectivity index (χ1v) is 7.11. The lowest BCUT2D eigenvalue weighted by molar-refractivity contribution is 0.0926. The van der Waals surface area contributed by atoms with E-state index in [0.29, 0.717) is 27.4 Å². The minimum Gasteiger partial charge on any atom is -0.268 e. The zero-order valence-electron chi connectivity index (χ0n) is 10.5. The Kier molecular flexibility index (Phi) is 3.15. The Labute approximate surface area is 129 Å². The van der Waals surface area contributed by atoms with Gasteiger partial charge >= 0.3 is 0 Å². The van der Waals surface area contributed by atoms with Gasteiger partial charge in [0, 0.05) is 9.50 Å². The van der Waals surface area contributed by atoms with Crippen LogP contribution in [0.5, 0.6) is 0 Å². The molecule has 0 atom stereocenters. The molecule has 0 radical (unpaired) electrons. The van der Waals surface area contributed by atoms with Crippen molar-refractivity contribution in [3.8, 4) is 0 Å². The summed E-state index contributed by atoms with van der Waals surface area (Å²) in [6, 6.07) is 10.2. The summed E-state index contributed by atoms with van der Waals surface area (Å²) in [7, 11) is 0. The second-order valence-electron chi connectivity index (χ2n) is 4.52. The standard InChI is InChI=1S/C15H9BrClNO2/c1-8-12(17)3-2-4-13(8)18-14(19)10-6-5-9(16)7-11(10)15(18)20/h2-7H,1H3. The van der Waals surface area contributed by atoms with E-state index in [1.165, 1.54) is 4.90 Å². The average Bonchev–Trinajstić information content (AvgIpc) is 2.65. The van der Waals surface area contributed by atoms with Crippen LogP contribution in [-0.2, 0) is 0 Å². The molecule has 0 unspecified atom stereocenters. The number of hydrogen-bond acceptors (Lipinski definition) is 2. The monoisotopic (exact) mass is 349 g/mol. The molecule has 0 aromatic heterocycles. The van der Waals surface area contributed by atoms with Crippen molar-refractivity contribution in [1.82, 2.24) is 0 Å². The van der Waals surface area contributed by atoms with E-state index in [4.69, 9.17) is 11.6 Å². The van der Waals surface area contributed by atoms with Gasteiger partial charge in [-0.25, -0.2) is 4.90 Å². The molecule has 0 bridgehead atoms. The van der Waals surface area contributed by atoms with E-state index in [2.05, 4.69) is 15.9 Å². The van der Waals surface area contributed by atoms with Gasteiger partial charge in [-0.05, 0) is 42.8 Å². The third-order valence-corrected chi connectivity index (χ3v) is 4.23. The number of anilines is 1. The highest BCUT2D eigenvalue weighted by Crippen LogP contribution is 2.34. The van der Waals surface area contributed by atoms with Crippen LogP contribution in [0, 0.1) is 6.92 Å². The Morgan fingerprint density at radius 1 is 1.05 bits per heavy atom. The molecular formula is C15H9BrClNO2. The Bertz CT molecular complexity index is 758. The van der Waals surface area contributed by atoms with E-state index in [9.17, 15) is 9.59 Å². The van der Waals surface area contributed by atoms with Crippen LogP contribution < -0.4 is 4.90 Å². The van der Waals surface area contributed by atoms with Crippen LogP contribution >= 0.6 is 27.5 Å². The van der Waals surface area contributed by atoms with Crippen LogP contribution in [0.3, 0.4) is 0 Å². The number of imide groups is 1. The molecule has 0 spiro atoms. The van der Waals surface area contributed by atoms with Crippen LogP contribution in [0.1, 0.15) is 26.3 Å². The van der Waals surface area contributed by atoms with Gasteiger partial charge in [0.15, 0.2) is 0 Å². The minimum atomic E-state index is -0.323. The van der Waals surface area contributed by atoms with Gasteiger partial charge in [-0.1, -0.05) is 33.6 Å². The predicted molar refractivity (Wildman–Crippen MR) is 81.5 cm³/mol. The Morgan fingerprint density at radius 3 is 2.50 bits per heavy atom. The second-order valence-corrected chi connectivity index (χ2v) is 5.84. The van der Waals surface area contributed by atoms with Crippen molar-refractivity contribution in [3.05, 3.63) is 62.6 Å². The summed E-state index contributed by atoms with van der Waals surface area (Å²) in [4.78, 5) is 26.1. The molecule has 0 fully saturated rings. The second kappa shape index (κ2) is 4.72. The topological polar surface area (TPSA) is 37.4 Å². The number of fused-ring (bicyclic) bond motifs is 1. The number of amides is 2. The normalized spacial score (nSPS) is 13.8. The molecule has 2 aromatic rings. The SMILES string of the molecule is Cc1c(Cl)cccc1N1C(=O)c2ccc(Br)cc2C1=O. The van der Waals surface area contributed by atoms with Crippen molar-refractivity contribution in [2.45, 2.75) is 6.92 Å². The van der Waals surface area contributed by atoms with E-state index < -0.39 is 0 Å². The fourth-order valence-corrected chi connectivity index (χ4v) is 2.80. The van der Waals surface area contributed by atoms with Gasteiger partial charge < -0.3 is 0 Å². The zero-order chi connectivity index (χ0) is 14.4. The van der Waals surface area contributed by atoms with Gasteiger partial charge in [0.1, 0.15) is 0 Å². The number of benzene rings is 2. The van der Waals surface area contributed by atoms with Crippen LogP contribution in [0.25, 0.3) is 0 Å². The molecule has 20 heavy (non-hydrogen) atoms. The Morgan fingerprint density at radius 2 is 1.75 bits per heavy atom. The van der Waals surface area contributed by atoms with Crippen LogP contribution in [0.4, 0.5) is 5.69 Å². The highest BCUT2D eigenvalue weighted by molar-refractivity contribution is 9.10. The van der Waals surface area contributed by atoms with Crippen molar-refractivity contribution < 1.29 is 9.59 Å². The summed E-state index contributed by atoms with van der Waals surface area (Å²) >= 11 is 9.38. The molecule has 100 valence electrons. The van der Waals surface area contributed by atoms with Gasteiger partial charge in [0.25, 0.3) is 11.8 Å². The third-order valence-electron chi connectivity index (χ3n) is 3.33. The summed E-state index contributed by atoms with van der Waals surface area (Å²) in [5, 5.41) is 0.528. The number of carbonyl (C=O) groups excluding carboxylic acids is 2. The van der Waals surface area contributed by atoms with Gasteiger partial charge in [0.2, 0.25) is 0 Å². The summed E-state index contributed by atoms with van der Waals surface area (Å²) < 4.78 is 0.766. The maximum atomic E-state index is 12.5. The number of rotatable bonds is 1. The molecule has 0 saturated carbocycles. The molecule has 0 aliphatic carbocycles. The molecule has 1 aliphatic heterocycles. The minimum absolute atomic E-state index is 0.317. The molecule has 3 nitrogen and oxygen atoms in total. The largest absolute Gasteiger partial charge is 0.268 e. The van der Waals surface area contributed by atoms with Crippen LogP contribution in [-0.4, -0.2) is 11.8 Å². The number of nitrogens with zero attached hydrogens (tertiary/aromatic N) is 1. The van der Waals surface area contributed by atoms with Crippen molar-refractivity contribution in [1.29, 1.82) is 0 Å². The van der Waals surface area contributed by atoms with Gasteiger partial charge in [-0.3, -0.25) is 9.59 Å². The molecule has 1 heterocycles. The van der Waals surface area contributed by atoms with Crippen molar-refractivity contribution in [2.24, 2.45) is 0 Å². The number of hydrogen-bond donors (Lipinski definition) is 0. The van der Waals surface area contributed by atoms with Gasteiger partial charge in [-0.15, -0.1) is 0 Å². The Hall–Kier alpha value is -1.65. The quantitative estimate of drug-likeness (QED) is 0.722. The highest BCUT2D eigenvalue weighted by Gasteiger charge is 2.37. The predicted octanol–water partition coefficient (Wildman–Crippen LogP) is 4.21. The lowest BCUT2D eigenvalue weighted by atomic mass is 10.1. The summed E-state index contributed by atoms with van der Waals surface area (Å²) in [5.74, 6) is -0.639. The summed E-state index contributed by atoms with van der Waals surface area (Å²) in [6.45, 7) is 1.79. The molecule has 1 aliphatic rings. The van der Waals surface area contributed by atoms with Crippen LogP contribution in [0.15, 0.2) is 40.9 Å². The smallest absolute Gasteiger partial charge is 0.266 e. The lowest BCUT2D eigenvalue weighted by Crippen LogP contribution is -2.30. The van der Waals surface area contributed by atoms with Crippen molar-refractivity contribution >= 4 is 45.0 Å². The number of halogens is 2. The van der Waals surface area contributed by atoms with E-state index in [-0.39, 0.29) is 11.8 Å². The number of carbonyl (C=O) groups is 2. The molecule has 2 amide bonds.